The van der Waals surface area contributed by atoms with Gasteiger partial charge in [0.1, 0.15) is 0 Å². The molecule has 2 aromatic carbocycles. The van der Waals surface area contributed by atoms with E-state index in [2.05, 4.69) is 24.9 Å². The maximum absolute atomic E-state index is 12.9. The van der Waals surface area contributed by atoms with Gasteiger partial charge in [0.25, 0.3) is 0 Å². The number of Topliss-reactive ketones (excluding diaryl/α,β-unsaturated/α-hetero) is 1. The van der Waals surface area contributed by atoms with Crippen LogP contribution in [0.2, 0.25) is 5.02 Å². The topological polar surface area (TPSA) is 40.6 Å². The fourth-order valence-corrected chi connectivity index (χ4v) is 5.01. The maximum Gasteiger partial charge on any atom is 0.231 e. The highest BCUT2D eigenvalue weighted by atomic mass is 35.5. The summed E-state index contributed by atoms with van der Waals surface area (Å²) in [5.41, 5.74) is 5.26. The van der Waals surface area contributed by atoms with E-state index in [1.54, 1.807) is 0 Å². The summed E-state index contributed by atoms with van der Waals surface area (Å²) >= 11 is 6.26. The van der Waals surface area contributed by atoms with E-state index in [1.165, 1.54) is 11.1 Å². The van der Waals surface area contributed by atoms with Gasteiger partial charge >= 0.3 is 0 Å². The SMILES string of the molecule is CC(CCCC(=O)c1cc2c3c(c1)CC(=O)N3CCC2)N(C)CCc1ccccc1Cl. The molecule has 1 unspecified atom stereocenters. The number of nitrogens with zero attached hydrogens (tertiary/aromatic N) is 2. The summed E-state index contributed by atoms with van der Waals surface area (Å²) in [6, 6.07) is 12.4. The average molecular weight is 439 g/mol. The van der Waals surface area contributed by atoms with Crippen molar-refractivity contribution in [2.45, 2.75) is 57.9 Å². The van der Waals surface area contributed by atoms with Gasteiger partial charge in [0, 0.05) is 36.1 Å². The van der Waals surface area contributed by atoms with Gasteiger partial charge in [-0.05, 0) is 81.0 Å². The smallest absolute Gasteiger partial charge is 0.231 e. The van der Waals surface area contributed by atoms with Crippen LogP contribution in [0.15, 0.2) is 36.4 Å². The number of likely N-dealkylation sites (N-methyl/N-ethyl adjacent to an activating group) is 1. The van der Waals surface area contributed by atoms with Gasteiger partial charge in [0.05, 0.1) is 12.1 Å². The normalized spacial score (nSPS) is 16.0. The lowest BCUT2D eigenvalue weighted by molar-refractivity contribution is -0.117. The Labute approximate surface area is 190 Å². The molecule has 0 aliphatic carbocycles. The Hall–Kier alpha value is -2.17. The lowest BCUT2D eigenvalue weighted by atomic mass is 9.94. The predicted molar refractivity (Wildman–Crippen MR) is 126 cm³/mol. The van der Waals surface area contributed by atoms with Crippen LogP contribution < -0.4 is 4.90 Å². The van der Waals surface area contributed by atoms with E-state index in [0.29, 0.717) is 18.9 Å². The summed E-state index contributed by atoms with van der Waals surface area (Å²) in [7, 11) is 2.14. The molecule has 0 aromatic heterocycles. The molecule has 0 saturated heterocycles. The number of hydrogen-bond acceptors (Lipinski definition) is 3. The molecule has 1 atom stereocenters. The lowest BCUT2D eigenvalue weighted by Gasteiger charge is -2.26. The molecule has 0 fully saturated rings. The lowest BCUT2D eigenvalue weighted by Crippen LogP contribution is -2.31. The zero-order chi connectivity index (χ0) is 22.0. The predicted octanol–water partition coefficient (Wildman–Crippen LogP) is 5.09. The number of anilines is 1. The number of halogens is 1. The van der Waals surface area contributed by atoms with Crippen LogP contribution in [0.5, 0.6) is 0 Å². The van der Waals surface area contributed by atoms with Crippen LogP contribution in [0.1, 0.15) is 59.7 Å². The van der Waals surface area contributed by atoms with Crippen LogP contribution in [0, 0.1) is 0 Å². The Morgan fingerprint density at radius 3 is 2.81 bits per heavy atom. The summed E-state index contributed by atoms with van der Waals surface area (Å²) < 4.78 is 0. The van der Waals surface area contributed by atoms with Crippen molar-refractivity contribution >= 4 is 29.0 Å². The molecule has 31 heavy (non-hydrogen) atoms. The minimum Gasteiger partial charge on any atom is -0.312 e. The zero-order valence-electron chi connectivity index (χ0n) is 18.5. The maximum atomic E-state index is 12.9. The van der Waals surface area contributed by atoms with Gasteiger partial charge < -0.3 is 9.80 Å². The minimum atomic E-state index is 0.175. The molecule has 5 heteroatoms. The van der Waals surface area contributed by atoms with Crippen molar-refractivity contribution in [1.29, 1.82) is 0 Å². The standard InChI is InChI=1S/C26H31ClN2O2/c1-18(28(2)14-12-19-8-3-4-10-23(19)27)7-5-11-24(30)21-15-20-9-6-13-29-25(31)17-22(16-21)26(20)29/h3-4,8,10,15-16,18H,5-7,9,11-14,17H2,1-2H3. The number of rotatable bonds is 9. The van der Waals surface area contributed by atoms with Crippen LogP contribution in [0.3, 0.4) is 0 Å². The number of hydrogen-bond donors (Lipinski definition) is 0. The van der Waals surface area contributed by atoms with Crippen LogP contribution in [-0.4, -0.2) is 42.8 Å². The molecule has 0 bridgehead atoms. The highest BCUT2D eigenvalue weighted by Crippen LogP contribution is 2.37. The third kappa shape index (κ3) is 4.86. The number of amides is 1. The third-order valence-electron chi connectivity index (χ3n) is 6.80. The molecule has 2 heterocycles. The van der Waals surface area contributed by atoms with Gasteiger partial charge in [-0.15, -0.1) is 0 Å². The highest BCUT2D eigenvalue weighted by molar-refractivity contribution is 6.31. The monoisotopic (exact) mass is 438 g/mol. The summed E-state index contributed by atoms with van der Waals surface area (Å²) in [6.45, 7) is 3.97. The minimum absolute atomic E-state index is 0.175. The molecule has 1 amide bonds. The molecule has 0 spiro atoms. The van der Waals surface area contributed by atoms with Crippen LogP contribution >= 0.6 is 11.6 Å². The molecular formula is C26H31ClN2O2. The van der Waals surface area contributed by atoms with Gasteiger partial charge in [-0.1, -0.05) is 29.8 Å². The van der Waals surface area contributed by atoms with Gasteiger partial charge in [-0.3, -0.25) is 9.59 Å². The molecule has 4 nitrogen and oxygen atoms in total. The number of carbonyl (C=O) groups is 2. The molecule has 2 aliphatic rings. The Balaban J connectivity index is 1.28. The molecule has 0 radical (unpaired) electrons. The van der Waals surface area contributed by atoms with Crippen molar-refractivity contribution in [3.8, 4) is 0 Å². The van der Waals surface area contributed by atoms with Crippen molar-refractivity contribution in [2.75, 3.05) is 25.0 Å². The fourth-order valence-electron chi connectivity index (χ4n) is 4.78. The summed E-state index contributed by atoms with van der Waals surface area (Å²) in [4.78, 5) is 29.3. The van der Waals surface area contributed by atoms with Crippen molar-refractivity contribution in [1.82, 2.24) is 4.90 Å². The van der Waals surface area contributed by atoms with Crippen molar-refractivity contribution in [3.05, 3.63) is 63.7 Å². The van der Waals surface area contributed by atoms with Crippen molar-refractivity contribution in [3.63, 3.8) is 0 Å². The number of carbonyl (C=O) groups excluding carboxylic acids is 2. The molecule has 2 aliphatic heterocycles. The summed E-state index contributed by atoms with van der Waals surface area (Å²) in [5.74, 6) is 0.371. The Bertz CT molecular complexity index is 987. The summed E-state index contributed by atoms with van der Waals surface area (Å²) in [5, 5.41) is 0.826. The van der Waals surface area contributed by atoms with E-state index < -0.39 is 0 Å². The second-order valence-corrected chi connectivity index (χ2v) is 9.36. The van der Waals surface area contributed by atoms with Crippen LogP contribution in [0.25, 0.3) is 0 Å². The van der Waals surface area contributed by atoms with E-state index in [4.69, 9.17) is 11.6 Å². The van der Waals surface area contributed by atoms with Crippen molar-refractivity contribution in [2.24, 2.45) is 0 Å². The molecule has 2 aromatic rings. The first kappa shape index (κ1) is 22.0. The van der Waals surface area contributed by atoms with E-state index in [1.807, 2.05) is 35.2 Å². The van der Waals surface area contributed by atoms with E-state index in [-0.39, 0.29) is 11.7 Å². The number of ketones is 1. The van der Waals surface area contributed by atoms with Crippen LogP contribution in [0.4, 0.5) is 5.69 Å². The Morgan fingerprint density at radius 2 is 2.00 bits per heavy atom. The van der Waals surface area contributed by atoms with E-state index in [0.717, 1.165) is 67.0 Å². The Morgan fingerprint density at radius 1 is 1.23 bits per heavy atom. The first-order valence-electron chi connectivity index (χ1n) is 11.4. The largest absolute Gasteiger partial charge is 0.312 e. The molecule has 0 saturated carbocycles. The zero-order valence-corrected chi connectivity index (χ0v) is 19.3. The third-order valence-corrected chi connectivity index (χ3v) is 7.17. The second kappa shape index (κ2) is 9.54. The number of benzene rings is 2. The molecule has 4 rings (SSSR count). The highest BCUT2D eigenvalue weighted by Gasteiger charge is 2.32. The first-order chi connectivity index (χ1) is 14.9. The molecule has 0 N–H and O–H groups in total. The fraction of sp³-hybridized carbons (Fsp3) is 0.462. The van der Waals surface area contributed by atoms with E-state index >= 15 is 0 Å². The van der Waals surface area contributed by atoms with Gasteiger partial charge in [-0.2, -0.15) is 0 Å². The van der Waals surface area contributed by atoms with Gasteiger partial charge in [0.2, 0.25) is 5.91 Å². The quantitative estimate of drug-likeness (QED) is 0.512. The average Bonchev–Trinajstić information content (AvgIpc) is 3.09. The summed E-state index contributed by atoms with van der Waals surface area (Å²) in [6.07, 6.45) is 5.71. The van der Waals surface area contributed by atoms with E-state index in [9.17, 15) is 9.59 Å². The first-order valence-corrected chi connectivity index (χ1v) is 11.7. The second-order valence-electron chi connectivity index (χ2n) is 8.96. The number of aryl methyl sites for hydroxylation is 1. The van der Waals surface area contributed by atoms with Crippen LogP contribution in [-0.2, 0) is 24.1 Å². The van der Waals surface area contributed by atoms with Gasteiger partial charge in [0.15, 0.2) is 5.78 Å². The Kier molecular flexibility index (Phi) is 6.78. The molecular weight excluding hydrogens is 408 g/mol. The van der Waals surface area contributed by atoms with Crippen molar-refractivity contribution < 1.29 is 9.59 Å². The molecule has 164 valence electrons. The van der Waals surface area contributed by atoms with Gasteiger partial charge in [-0.25, -0.2) is 0 Å².